The molecule has 0 unspecified atom stereocenters. The number of carbonyl (C=O) groups is 1. The lowest BCUT2D eigenvalue weighted by Crippen LogP contribution is -2.08. The summed E-state index contributed by atoms with van der Waals surface area (Å²) in [5.74, 6) is 1.48. The maximum Gasteiger partial charge on any atom is 0.312 e. The number of hydrogen-bond donors (Lipinski definition) is 0. The van der Waals surface area contributed by atoms with Gasteiger partial charge in [0.1, 0.15) is 17.2 Å². The fourth-order valence-electron chi connectivity index (χ4n) is 1.36. The van der Waals surface area contributed by atoms with Crippen LogP contribution in [0.3, 0.4) is 0 Å². The van der Waals surface area contributed by atoms with Gasteiger partial charge in [0, 0.05) is 24.1 Å². The lowest BCUT2D eigenvalue weighted by Gasteiger charge is -2.10. The molecule has 0 radical (unpaired) electrons. The maximum atomic E-state index is 11.4. The van der Waals surface area contributed by atoms with E-state index in [-0.39, 0.29) is 18.3 Å². The Hall–Kier alpha value is -1.42. The fourth-order valence-corrected chi connectivity index (χ4v) is 1.52. The predicted molar refractivity (Wildman–Crippen MR) is 69.8 cm³/mol. The van der Waals surface area contributed by atoms with Crippen LogP contribution in [-0.2, 0) is 4.79 Å². The van der Waals surface area contributed by atoms with E-state index in [1.54, 1.807) is 18.2 Å². The molecule has 0 saturated heterocycles. The second kappa shape index (κ2) is 7.82. The van der Waals surface area contributed by atoms with Crippen LogP contribution < -0.4 is 14.2 Å². The molecule has 1 aromatic rings. The summed E-state index contributed by atoms with van der Waals surface area (Å²) in [6.07, 6.45) is 0.171. The van der Waals surface area contributed by atoms with Crippen molar-refractivity contribution >= 4 is 17.6 Å². The van der Waals surface area contributed by atoms with Gasteiger partial charge in [-0.05, 0) is 13.8 Å². The van der Waals surface area contributed by atoms with Gasteiger partial charge in [-0.25, -0.2) is 0 Å². The van der Waals surface area contributed by atoms with E-state index in [0.717, 1.165) is 0 Å². The molecular weight excluding hydrogens is 256 g/mol. The molecule has 5 heteroatoms. The van der Waals surface area contributed by atoms with Gasteiger partial charge in [0.05, 0.1) is 19.6 Å². The number of esters is 1. The third kappa shape index (κ3) is 4.84. The summed E-state index contributed by atoms with van der Waals surface area (Å²) < 4.78 is 15.9. The van der Waals surface area contributed by atoms with Crippen LogP contribution in [0.4, 0.5) is 0 Å². The molecule has 0 aliphatic carbocycles. The lowest BCUT2D eigenvalue weighted by molar-refractivity contribution is -0.133. The minimum absolute atomic E-state index is 0.171. The van der Waals surface area contributed by atoms with E-state index in [0.29, 0.717) is 30.5 Å². The van der Waals surface area contributed by atoms with Crippen molar-refractivity contribution in [3.63, 3.8) is 0 Å². The Balaban J connectivity index is 2.84. The molecule has 0 aromatic heterocycles. The Bertz CT molecular complexity index is 368. The van der Waals surface area contributed by atoms with Gasteiger partial charge in [-0.3, -0.25) is 4.79 Å². The second-order valence-corrected chi connectivity index (χ2v) is 3.80. The molecule has 0 fully saturated rings. The maximum absolute atomic E-state index is 11.4. The molecule has 0 heterocycles. The van der Waals surface area contributed by atoms with Crippen molar-refractivity contribution in [3.05, 3.63) is 18.2 Å². The highest BCUT2D eigenvalue weighted by Gasteiger charge is 2.08. The summed E-state index contributed by atoms with van der Waals surface area (Å²) in [7, 11) is 0. The van der Waals surface area contributed by atoms with Crippen molar-refractivity contribution in [1.29, 1.82) is 0 Å². The summed E-state index contributed by atoms with van der Waals surface area (Å²) in [4.78, 5) is 11.4. The first-order valence-electron chi connectivity index (χ1n) is 5.87. The summed E-state index contributed by atoms with van der Waals surface area (Å²) in [5, 5.41) is 0. The number of halogens is 1. The third-order valence-electron chi connectivity index (χ3n) is 2.01. The van der Waals surface area contributed by atoms with Crippen molar-refractivity contribution in [1.82, 2.24) is 0 Å². The smallest absolute Gasteiger partial charge is 0.312 e. The highest BCUT2D eigenvalue weighted by molar-refractivity contribution is 6.18. The van der Waals surface area contributed by atoms with Crippen molar-refractivity contribution < 1.29 is 19.0 Å². The molecule has 0 amide bonds. The van der Waals surface area contributed by atoms with Crippen molar-refractivity contribution in [3.8, 4) is 17.2 Å². The number of carbonyl (C=O) groups excluding carboxylic acids is 1. The summed E-state index contributed by atoms with van der Waals surface area (Å²) in [5.41, 5.74) is 0. The number of benzene rings is 1. The predicted octanol–water partition coefficient (Wildman–Crippen LogP) is 3.02. The average molecular weight is 273 g/mol. The topological polar surface area (TPSA) is 44.8 Å². The van der Waals surface area contributed by atoms with Crippen LogP contribution in [-0.4, -0.2) is 25.1 Å². The van der Waals surface area contributed by atoms with Crippen molar-refractivity contribution in [2.45, 2.75) is 20.3 Å². The van der Waals surface area contributed by atoms with Gasteiger partial charge in [0.2, 0.25) is 0 Å². The molecule has 0 bridgehead atoms. The highest BCUT2D eigenvalue weighted by Crippen LogP contribution is 2.28. The largest absolute Gasteiger partial charge is 0.494 e. The molecule has 18 heavy (non-hydrogen) atoms. The van der Waals surface area contributed by atoms with Crippen molar-refractivity contribution in [2.75, 3.05) is 19.1 Å². The van der Waals surface area contributed by atoms with Crippen LogP contribution in [0.2, 0.25) is 0 Å². The zero-order chi connectivity index (χ0) is 13.4. The Morgan fingerprint density at radius 1 is 1.06 bits per heavy atom. The van der Waals surface area contributed by atoms with Crippen molar-refractivity contribution in [2.24, 2.45) is 0 Å². The van der Waals surface area contributed by atoms with E-state index in [1.807, 2.05) is 13.8 Å². The van der Waals surface area contributed by atoms with Gasteiger partial charge in [0.25, 0.3) is 0 Å². The van der Waals surface area contributed by atoms with Crippen LogP contribution in [0.25, 0.3) is 0 Å². The lowest BCUT2D eigenvalue weighted by atomic mass is 10.3. The van der Waals surface area contributed by atoms with Gasteiger partial charge < -0.3 is 14.2 Å². The molecule has 0 aliphatic rings. The first-order chi connectivity index (χ1) is 8.69. The fraction of sp³-hybridized carbons (Fsp3) is 0.462. The van der Waals surface area contributed by atoms with E-state index >= 15 is 0 Å². The number of alkyl halides is 1. The van der Waals surface area contributed by atoms with E-state index < -0.39 is 0 Å². The molecule has 0 saturated carbocycles. The van der Waals surface area contributed by atoms with Crippen LogP contribution in [0.1, 0.15) is 20.3 Å². The van der Waals surface area contributed by atoms with E-state index in [4.69, 9.17) is 25.8 Å². The highest BCUT2D eigenvalue weighted by atomic mass is 35.5. The first kappa shape index (κ1) is 14.6. The Morgan fingerprint density at radius 2 is 1.56 bits per heavy atom. The number of ether oxygens (including phenoxy) is 3. The Labute approximate surface area is 112 Å². The molecular formula is C13H17ClO4. The molecule has 0 aliphatic heterocycles. The summed E-state index contributed by atoms with van der Waals surface area (Å²) >= 11 is 5.47. The summed E-state index contributed by atoms with van der Waals surface area (Å²) in [6.45, 7) is 4.83. The Morgan fingerprint density at radius 3 is 2.00 bits per heavy atom. The molecule has 1 aromatic carbocycles. The van der Waals surface area contributed by atoms with E-state index in [1.165, 1.54) is 0 Å². The average Bonchev–Trinajstić information content (AvgIpc) is 2.29. The van der Waals surface area contributed by atoms with E-state index in [9.17, 15) is 4.79 Å². The molecule has 0 spiro atoms. The monoisotopic (exact) mass is 272 g/mol. The Kier molecular flexibility index (Phi) is 6.36. The summed E-state index contributed by atoms with van der Waals surface area (Å²) in [6, 6.07) is 5.06. The van der Waals surface area contributed by atoms with Gasteiger partial charge in [-0.15, -0.1) is 11.6 Å². The van der Waals surface area contributed by atoms with Crippen LogP contribution in [0, 0.1) is 0 Å². The van der Waals surface area contributed by atoms with Gasteiger partial charge in [-0.1, -0.05) is 0 Å². The SMILES string of the molecule is CCOc1cc(OCC)cc(OC(=O)CCCl)c1. The van der Waals surface area contributed by atoms with Gasteiger partial charge in [-0.2, -0.15) is 0 Å². The quantitative estimate of drug-likeness (QED) is 0.435. The number of hydrogen-bond acceptors (Lipinski definition) is 4. The minimum atomic E-state index is -0.374. The minimum Gasteiger partial charge on any atom is -0.494 e. The zero-order valence-corrected chi connectivity index (χ0v) is 11.3. The first-order valence-corrected chi connectivity index (χ1v) is 6.40. The molecule has 0 atom stereocenters. The normalized spacial score (nSPS) is 9.94. The molecule has 4 nitrogen and oxygen atoms in total. The van der Waals surface area contributed by atoms with Crippen LogP contribution in [0.5, 0.6) is 17.2 Å². The van der Waals surface area contributed by atoms with E-state index in [2.05, 4.69) is 0 Å². The van der Waals surface area contributed by atoms with Crippen LogP contribution >= 0.6 is 11.6 Å². The molecule has 1 rings (SSSR count). The standard InChI is InChI=1S/C13H17ClO4/c1-3-16-10-7-11(17-4-2)9-12(8-10)18-13(15)5-6-14/h7-9H,3-6H2,1-2H3. The number of rotatable bonds is 7. The van der Waals surface area contributed by atoms with Gasteiger partial charge >= 0.3 is 5.97 Å². The van der Waals surface area contributed by atoms with Crippen LogP contribution in [0.15, 0.2) is 18.2 Å². The second-order valence-electron chi connectivity index (χ2n) is 3.42. The third-order valence-corrected chi connectivity index (χ3v) is 2.19. The molecule has 0 N–H and O–H groups in total. The molecule has 100 valence electrons. The zero-order valence-electron chi connectivity index (χ0n) is 10.6. The van der Waals surface area contributed by atoms with Gasteiger partial charge in [0.15, 0.2) is 0 Å².